The second-order valence-electron chi connectivity index (χ2n) is 5.20. The molecule has 0 saturated carbocycles. The summed E-state index contributed by atoms with van der Waals surface area (Å²) in [6.07, 6.45) is 2.33. The van der Waals surface area contributed by atoms with Gasteiger partial charge in [-0.25, -0.2) is 4.79 Å². The molecule has 4 nitrogen and oxygen atoms in total. The van der Waals surface area contributed by atoms with Gasteiger partial charge in [0, 0.05) is 19.6 Å². The average Bonchev–Trinajstić information content (AvgIpc) is 2.45. The molecule has 1 heterocycles. The molecule has 1 atom stereocenters. The van der Waals surface area contributed by atoms with Gasteiger partial charge in [-0.05, 0) is 36.5 Å². The predicted octanol–water partition coefficient (Wildman–Crippen LogP) is 2.64. The van der Waals surface area contributed by atoms with Gasteiger partial charge in [-0.2, -0.15) is 0 Å². The molecule has 104 valence electrons. The van der Waals surface area contributed by atoms with Gasteiger partial charge in [0.15, 0.2) is 0 Å². The molecule has 0 bridgehead atoms. The minimum absolute atomic E-state index is 0.0439. The Morgan fingerprint density at radius 2 is 2.16 bits per heavy atom. The van der Waals surface area contributed by atoms with Crippen LogP contribution in [0.3, 0.4) is 0 Å². The van der Waals surface area contributed by atoms with Crippen molar-refractivity contribution in [2.24, 2.45) is 5.92 Å². The number of carbonyl (C=O) groups excluding carboxylic acids is 1. The van der Waals surface area contributed by atoms with Crippen molar-refractivity contribution in [3.05, 3.63) is 29.8 Å². The van der Waals surface area contributed by atoms with Crippen molar-refractivity contribution in [1.82, 2.24) is 10.2 Å². The lowest BCUT2D eigenvalue weighted by Gasteiger charge is -2.30. The van der Waals surface area contributed by atoms with E-state index in [1.54, 1.807) is 7.11 Å². The van der Waals surface area contributed by atoms with E-state index in [0.29, 0.717) is 12.5 Å². The fourth-order valence-corrected chi connectivity index (χ4v) is 2.41. The maximum absolute atomic E-state index is 12.0. The van der Waals surface area contributed by atoms with Crippen molar-refractivity contribution < 1.29 is 9.53 Å². The third kappa shape index (κ3) is 3.88. The number of likely N-dealkylation sites (tertiary alicyclic amines) is 1. The van der Waals surface area contributed by atoms with Gasteiger partial charge < -0.3 is 15.0 Å². The van der Waals surface area contributed by atoms with E-state index >= 15 is 0 Å². The molecule has 19 heavy (non-hydrogen) atoms. The molecule has 1 N–H and O–H groups in total. The number of benzene rings is 1. The number of hydrogen-bond donors (Lipinski definition) is 1. The van der Waals surface area contributed by atoms with Crippen LogP contribution in [0.1, 0.15) is 25.3 Å². The van der Waals surface area contributed by atoms with Crippen LogP contribution < -0.4 is 10.1 Å². The molecule has 1 aromatic rings. The molecule has 0 aliphatic carbocycles. The lowest BCUT2D eigenvalue weighted by Crippen LogP contribution is -2.44. The molecule has 0 spiro atoms. The largest absolute Gasteiger partial charge is 0.497 e. The second kappa shape index (κ2) is 6.45. The summed E-state index contributed by atoms with van der Waals surface area (Å²) in [5, 5.41) is 2.97. The topological polar surface area (TPSA) is 41.6 Å². The Labute approximate surface area is 114 Å². The molecule has 4 heteroatoms. The van der Waals surface area contributed by atoms with E-state index in [0.717, 1.165) is 30.8 Å². The van der Waals surface area contributed by atoms with Crippen LogP contribution in [0.15, 0.2) is 24.3 Å². The first-order valence-electron chi connectivity index (χ1n) is 6.84. The minimum Gasteiger partial charge on any atom is -0.497 e. The van der Waals surface area contributed by atoms with Crippen molar-refractivity contribution >= 4 is 6.03 Å². The number of nitrogens with zero attached hydrogens (tertiary/aromatic N) is 1. The SMILES string of the molecule is COc1ccc(CNC(=O)N2CCCC(C)C2)cc1. The monoisotopic (exact) mass is 262 g/mol. The number of carbonyl (C=O) groups is 1. The highest BCUT2D eigenvalue weighted by atomic mass is 16.5. The smallest absolute Gasteiger partial charge is 0.317 e. The van der Waals surface area contributed by atoms with Gasteiger partial charge in [-0.1, -0.05) is 19.1 Å². The Balaban J connectivity index is 1.82. The number of methoxy groups -OCH3 is 1. The number of nitrogens with one attached hydrogen (secondary N) is 1. The summed E-state index contributed by atoms with van der Waals surface area (Å²) in [6, 6.07) is 7.80. The number of rotatable bonds is 3. The molecule has 1 fully saturated rings. The van der Waals surface area contributed by atoms with Crippen LogP contribution in [0.25, 0.3) is 0 Å². The zero-order chi connectivity index (χ0) is 13.7. The van der Waals surface area contributed by atoms with Crippen LogP contribution in [0.5, 0.6) is 5.75 Å². The second-order valence-corrected chi connectivity index (χ2v) is 5.20. The number of piperidine rings is 1. The van der Waals surface area contributed by atoms with Crippen LogP contribution >= 0.6 is 0 Å². The van der Waals surface area contributed by atoms with Crippen LogP contribution in [0.2, 0.25) is 0 Å². The van der Waals surface area contributed by atoms with Crippen molar-refractivity contribution in [3.8, 4) is 5.75 Å². The zero-order valence-corrected chi connectivity index (χ0v) is 11.7. The molecule has 1 saturated heterocycles. The first-order chi connectivity index (χ1) is 9.19. The molecular weight excluding hydrogens is 240 g/mol. The van der Waals surface area contributed by atoms with Crippen molar-refractivity contribution in [2.75, 3.05) is 20.2 Å². The van der Waals surface area contributed by atoms with Gasteiger partial charge in [0.2, 0.25) is 0 Å². The van der Waals surface area contributed by atoms with Crippen molar-refractivity contribution in [2.45, 2.75) is 26.3 Å². The minimum atomic E-state index is 0.0439. The molecule has 1 unspecified atom stereocenters. The maximum Gasteiger partial charge on any atom is 0.317 e. The quantitative estimate of drug-likeness (QED) is 0.910. The number of urea groups is 1. The average molecular weight is 262 g/mol. The summed E-state index contributed by atoms with van der Waals surface area (Å²) >= 11 is 0. The third-order valence-electron chi connectivity index (χ3n) is 3.55. The Morgan fingerprint density at radius 3 is 2.79 bits per heavy atom. The summed E-state index contributed by atoms with van der Waals surface area (Å²) in [7, 11) is 1.65. The molecule has 1 aliphatic rings. The van der Waals surface area contributed by atoms with E-state index in [9.17, 15) is 4.79 Å². The highest BCUT2D eigenvalue weighted by Gasteiger charge is 2.20. The normalized spacial score (nSPS) is 19.1. The van der Waals surface area contributed by atoms with Crippen LogP contribution in [-0.4, -0.2) is 31.1 Å². The summed E-state index contributed by atoms with van der Waals surface area (Å²) in [4.78, 5) is 13.9. The van der Waals surface area contributed by atoms with Crippen LogP contribution in [0.4, 0.5) is 4.79 Å². The van der Waals surface area contributed by atoms with Gasteiger partial charge in [-0.15, -0.1) is 0 Å². The van der Waals surface area contributed by atoms with E-state index in [1.165, 1.54) is 6.42 Å². The fourth-order valence-electron chi connectivity index (χ4n) is 2.41. The molecule has 2 rings (SSSR count). The van der Waals surface area contributed by atoms with Gasteiger partial charge in [0.1, 0.15) is 5.75 Å². The molecule has 0 radical (unpaired) electrons. The van der Waals surface area contributed by atoms with Gasteiger partial charge in [0.25, 0.3) is 0 Å². The molecular formula is C15H22N2O2. The molecule has 0 aromatic heterocycles. The predicted molar refractivity (Wildman–Crippen MR) is 75.2 cm³/mol. The number of hydrogen-bond acceptors (Lipinski definition) is 2. The maximum atomic E-state index is 12.0. The standard InChI is InChI=1S/C15H22N2O2/c1-12-4-3-9-17(11-12)15(18)16-10-13-5-7-14(19-2)8-6-13/h5-8,12H,3-4,9-11H2,1-2H3,(H,16,18). The van der Waals surface area contributed by atoms with Crippen molar-refractivity contribution in [3.63, 3.8) is 0 Å². The number of amides is 2. The van der Waals surface area contributed by atoms with Gasteiger partial charge in [0.05, 0.1) is 7.11 Å². The van der Waals surface area contributed by atoms with Gasteiger partial charge >= 0.3 is 6.03 Å². The first-order valence-corrected chi connectivity index (χ1v) is 6.84. The van der Waals surface area contributed by atoms with Crippen LogP contribution in [-0.2, 0) is 6.54 Å². The van der Waals surface area contributed by atoms with E-state index < -0.39 is 0 Å². The number of ether oxygens (including phenoxy) is 1. The van der Waals surface area contributed by atoms with E-state index in [2.05, 4.69) is 12.2 Å². The molecule has 1 aromatic carbocycles. The summed E-state index contributed by atoms with van der Waals surface area (Å²) < 4.78 is 5.11. The Hall–Kier alpha value is -1.71. The van der Waals surface area contributed by atoms with E-state index in [-0.39, 0.29) is 6.03 Å². The molecule has 1 aliphatic heterocycles. The Morgan fingerprint density at radius 1 is 1.42 bits per heavy atom. The van der Waals surface area contributed by atoms with Crippen LogP contribution in [0, 0.1) is 5.92 Å². The lowest BCUT2D eigenvalue weighted by atomic mass is 10.0. The van der Waals surface area contributed by atoms with E-state index in [4.69, 9.17) is 4.74 Å². The fraction of sp³-hybridized carbons (Fsp3) is 0.533. The highest BCUT2D eigenvalue weighted by molar-refractivity contribution is 5.74. The highest BCUT2D eigenvalue weighted by Crippen LogP contribution is 2.15. The molecule has 2 amide bonds. The van der Waals surface area contributed by atoms with Gasteiger partial charge in [-0.3, -0.25) is 0 Å². The first kappa shape index (κ1) is 13.7. The summed E-state index contributed by atoms with van der Waals surface area (Å²) in [5.41, 5.74) is 1.08. The van der Waals surface area contributed by atoms with E-state index in [1.807, 2.05) is 29.2 Å². The zero-order valence-electron chi connectivity index (χ0n) is 11.7. The third-order valence-corrected chi connectivity index (χ3v) is 3.55. The lowest BCUT2D eigenvalue weighted by molar-refractivity contribution is 0.169. The Kier molecular flexibility index (Phi) is 4.66. The summed E-state index contributed by atoms with van der Waals surface area (Å²) in [5.74, 6) is 1.44. The summed E-state index contributed by atoms with van der Waals surface area (Å²) in [6.45, 7) is 4.50. The van der Waals surface area contributed by atoms with Crippen molar-refractivity contribution in [1.29, 1.82) is 0 Å². The Bertz CT molecular complexity index is 417.